The number of aliphatic hydroxyl groups excluding tert-OH is 6. The molecule has 0 amide bonds. The van der Waals surface area contributed by atoms with Gasteiger partial charge in [-0.3, -0.25) is 0 Å². The van der Waals surface area contributed by atoms with E-state index in [-0.39, 0.29) is 46.0 Å². The van der Waals surface area contributed by atoms with E-state index >= 15 is 0 Å². The molecule has 0 radical (unpaired) electrons. The van der Waals surface area contributed by atoms with Gasteiger partial charge < -0.3 is 44.8 Å². The Balaban J connectivity index is 1.23. The van der Waals surface area contributed by atoms with Crippen molar-refractivity contribution in [3.05, 3.63) is 12.2 Å². The molecule has 5 aliphatic carbocycles. The summed E-state index contributed by atoms with van der Waals surface area (Å²) in [6.07, 6.45) is 2.96. The largest absolute Gasteiger partial charge is 0.396 e. The van der Waals surface area contributed by atoms with Gasteiger partial charge in [-0.2, -0.15) is 0 Å². The summed E-state index contributed by atoms with van der Waals surface area (Å²) in [7, 11) is 0. The number of ether oxygens (including phenoxy) is 3. The van der Waals surface area contributed by atoms with Crippen molar-refractivity contribution >= 4 is 0 Å². The summed E-state index contributed by atoms with van der Waals surface area (Å²) >= 11 is 0. The van der Waals surface area contributed by atoms with Gasteiger partial charge in [0, 0.05) is 22.2 Å². The van der Waals surface area contributed by atoms with Gasteiger partial charge in [0.2, 0.25) is 0 Å². The first-order valence-corrected chi connectivity index (χ1v) is 17.5. The molecule has 45 heavy (non-hydrogen) atoms. The summed E-state index contributed by atoms with van der Waals surface area (Å²) in [5.74, 6) is 0.427. The Morgan fingerprint density at radius 3 is 2.22 bits per heavy atom. The quantitative estimate of drug-likeness (QED) is 0.204. The first kappa shape index (κ1) is 32.9. The summed E-state index contributed by atoms with van der Waals surface area (Å²) < 4.78 is 19.3. The second-order valence-corrected chi connectivity index (χ2v) is 18.2. The van der Waals surface area contributed by atoms with E-state index in [0.717, 1.165) is 25.7 Å². The van der Waals surface area contributed by atoms with Crippen LogP contribution in [0.5, 0.6) is 0 Å². The summed E-state index contributed by atoms with van der Waals surface area (Å²) in [4.78, 5) is 0. The highest BCUT2D eigenvalue weighted by Gasteiger charge is 2.79. The van der Waals surface area contributed by atoms with Crippen molar-refractivity contribution in [2.75, 3.05) is 13.2 Å². The molecule has 256 valence electrons. The Bertz CT molecular complexity index is 1220. The minimum absolute atomic E-state index is 0.0837. The number of hydrogen-bond acceptors (Lipinski definition) is 9. The molecule has 2 saturated heterocycles. The lowest BCUT2D eigenvalue weighted by molar-refractivity contribution is -0.329. The van der Waals surface area contributed by atoms with E-state index in [1.807, 2.05) is 0 Å². The molecule has 9 nitrogen and oxygen atoms in total. The van der Waals surface area contributed by atoms with Crippen LogP contribution in [-0.4, -0.2) is 98.5 Å². The van der Waals surface area contributed by atoms with E-state index in [0.29, 0.717) is 25.9 Å². The maximum Gasteiger partial charge on any atom is 0.186 e. The summed E-state index contributed by atoms with van der Waals surface area (Å²) in [5.41, 5.74) is -2.49. The Hall–Kier alpha value is -0.620. The Morgan fingerprint density at radius 2 is 1.53 bits per heavy atom. The van der Waals surface area contributed by atoms with Gasteiger partial charge in [0.1, 0.15) is 18.3 Å². The van der Waals surface area contributed by atoms with Crippen molar-refractivity contribution < 1.29 is 44.8 Å². The smallest absolute Gasteiger partial charge is 0.186 e. The molecule has 6 fully saturated rings. The lowest BCUT2D eigenvalue weighted by atomic mass is 9.32. The third kappa shape index (κ3) is 3.88. The first-order chi connectivity index (χ1) is 20.9. The zero-order chi connectivity index (χ0) is 32.8. The van der Waals surface area contributed by atoms with E-state index in [1.54, 1.807) is 6.92 Å². The topological polar surface area (TPSA) is 149 Å². The van der Waals surface area contributed by atoms with Gasteiger partial charge in [-0.05, 0) is 80.0 Å². The fourth-order valence-electron chi connectivity index (χ4n) is 12.8. The lowest BCUT2D eigenvalue weighted by Gasteiger charge is -2.73. The number of fused-ring (bicyclic) bond motifs is 4. The van der Waals surface area contributed by atoms with Crippen molar-refractivity contribution in [2.45, 2.75) is 148 Å². The molecule has 4 saturated carbocycles. The van der Waals surface area contributed by atoms with Crippen LogP contribution < -0.4 is 0 Å². The SMILES string of the molecule is CC1OC(OC2CCC3(C)C(CCC4(C)C3C=CC35OCC6(CC(O)C(C)(C)CC63)C(O)CC45C)C2(C)CO)C(O)C(O)C1O. The van der Waals surface area contributed by atoms with Crippen molar-refractivity contribution in [2.24, 2.45) is 50.2 Å². The van der Waals surface area contributed by atoms with Gasteiger partial charge in [0.05, 0.1) is 43.2 Å². The molecule has 7 rings (SSSR count). The van der Waals surface area contributed by atoms with Crippen LogP contribution in [0.25, 0.3) is 0 Å². The average Bonchev–Trinajstić information content (AvgIpc) is 3.24. The average molecular weight is 635 g/mol. The van der Waals surface area contributed by atoms with Crippen LogP contribution in [0.3, 0.4) is 0 Å². The molecular weight excluding hydrogens is 576 g/mol. The van der Waals surface area contributed by atoms with E-state index in [1.165, 1.54) is 0 Å². The highest BCUT2D eigenvalue weighted by atomic mass is 16.7. The van der Waals surface area contributed by atoms with Crippen LogP contribution in [0.2, 0.25) is 0 Å². The highest BCUT2D eigenvalue weighted by molar-refractivity contribution is 5.36. The maximum atomic E-state index is 12.0. The van der Waals surface area contributed by atoms with Gasteiger partial charge in [-0.15, -0.1) is 0 Å². The van der Waals surface area contributed by atoms with Gasteiger partial charge in [-0.25, -0.2) is 0 Å². The van der Waals surface area contributed by atoms with Crippen LogP contribution in [0.1, 0.15) is 93.4 Å². The zero-order valence-electron chi connectivity index (χ0n) is 28.3. The minimum Gasteiger partial charge on any atom is -0.396 e. The third-order valence-electron chi connectivity index (χ3n) is 16.0. The fraction of sp³-hybridized carbons (Fsp3) is 0.944. The Kier molecular flexibility index (Phi) is 7.29. The van der Waals surface area contributed by atoms with Gasteiger partial charge >= 0.3 is 0 Å². The molecule has 0 aromatic carbocycles. The van der Waals surface area contributed by atoms with E-state index < -0.39 is 65.4 Å². The standard InChI is InChI=1S/C36H58O9/c1-19-26(40)27(41)28(42)29(44-19)45-25-10-11-31(4)20(32(25,5)17-37)8-12-33(6)21(31)9-13-36-22-14-30(2,3)23(38)16-35(22,18-43-36)24(39)15-34(33,36)7/h9,13,19-29,37-42H,8,10-12,14-18H2,1-7H3. The van der Waals surface area contributed by atoms with Crippen molar-refractivity contribution in [3.63, 3.8) is 0 Å². The van der Waals surface area contributed by atoms with E-state index in [4.69, 9.17) is 14.2 Å². The summed E-state index contributed by atoms with van der Waals surface area (Å²) in [5, 5.41) is 65.6. The lowest BCUT2D eigenvalue weighted by Crippen LogP contribution is -2.73. The molecule has 2 aliphatic heterocycles. The molecule has 9 heteroatoms. The van der Waals surface area contributed by atoms with E-state index in [2.05, 4.69) is 53.7 Å². The second-order valence-electron chi connectivity index (χ2n) is 18.2. The van der Waals surface area contributed by atoms with Crippen molar-refractivity contribution in [1.29, 1.82) is 0 Å². The number of hydrogen-bond donors (Lipinski definition) is 6. The molecular formula is C36H58O9. The van der Waals surface area contributed by atoms with Gasteiger partial charge in [0.25, 0.3) is 0 Å². The fourth-order valence-corrected chi connectivity index (χ4v) is 12.8. The molecule has 6 N–H and O–H groups in total. The molecule has 2 bridgehead atoms. The van der Waals surface area contributed by atoms with Crippen molar-refractivity contribution in [1.82, 2.24) is 0 Å². The normalized spacial score (nSPS) is 61.6. The molecule has 1 spiro atoms. The maximum absolute atomic E-state index is 12.0. The number of rotatable bonds is 3. The summed E-state index contributed by atoms with van der Waals surface area (Å²) in [6.45, 7) is 15.6. The number of aliphatic hydroxyl groups is 6. The second kappa shape index (κ2) is 9.97. The summed E-state index contributed by atoms with van der Waals surface area (Å²) in [6, 6.07) is 0. The first-order valence-electron chi connectivity index (χ1n) is 17.5. The Labute approximate surface area is 268 Å². The highest BCUT2D eigenvalue weighted by Crippen LogP contribution is 2.79. The Morgan fingerprint density at radius 1 is 0.822 bits per heavy atom. The number of allylic oxidation sites excluding steroid dienone is 1. The third-order valence-corrected chi connectivity index (χ3v) is 16.0. The van der Waals surface area contributed by atoms with Crippen LogP contribution in [0.15, 0.2) is 12.2 Å². The van der Waals surface area contributed by atoms with Crippen LogP contribution in [-0.2, 0) is 14.2 Å². The van der Waals surface area contributed by atoms with Crippen LogP contribution >= 0.6 is 0 Å². The molecule has 17 atom stereocenters. The van der Waals surface area contributed by atoms with Crippen molar-refractivity contribution in [3.8, 4) is 0 Å². The van der Waals surface area contributed by atoms with Gasteiger partial charge in [-0.1, -0.05) is 53.7 Å². The minimum atomic E-state index is -1.39. The van der Waals surface area contributed by atoms with Crippen LogP contribution in [0.4, 0.5) is 0 Å². The predicted molar refractivity (Wildman–Crippen MR) is 166 cm³/mol. The predicted octanol–water partition coefficient (Wildman–Crippen LogP) is 2.92. The van der Waals surface area contributed by atoms with E-state index in [9.17, 15) is 30.6 Å². The van der Waals surface area contributed by atoms with Gasteiger partial charge in [0.15, 0.2) is 6.29 Å². The van der Waals surface area contributed by atoms with Crippen LogP contribution in [0, 0.1) is 50.2 Å². The molecule has 7 aliphatic rings. The monoisotopic (exact) mass is 634 g/mol. The molecule has 0 aromatic rings. The molecule has 2 heterocycles. The molecule has 17 unspecified atom stereocenters. The molecule has 0 aromatic heterocycles. The zero-order valence-corrected chi connectivity index (χ0v) is 28.3.